The maximum Gasteiger partial charge on any atom is 0.233 e. The van der Waals surface area contributed by atoms with Gasteiger partial charge in [0.05, 0.1) is 18.5 Å². The smallest absolute Gasteiger partial charge is 0.233 e. The van der Waals surface area contributed by atoms with E-state index < -0.39 is 0 Å². The predicted octanol–water partition coefficient (Wildman–Crippen LogP) is 2.61. The zero-order valence-corrected chi connectivity index (χ0v) is 18.3. The molecule has 2 aromatic rings. The molecule has 1 aliphatic rings. The number of hydrogen-bond acceptors (Lipinski definition) is 6. The maximum atomic E-state index is 12.6. The summed E-state index contributed by atoms with van der Waals surface area (Å²) >= 11 is 1.47. The molecule has 3 rings (SSSR count). The lowest BCUT2D eigenvalue weighted by Crippen LogP contribution is -2.38. The summed E-state index contributed by atoms with van der Waals surface area (Å²) in [4.78, 5) is 14.8. The fourth-order valence-electron chi connectivity index (χ4n) is 3.22. The van der Waals surface area contributed by atoms with Crippen molar-refractivity contribution in [1.29, 1.82) is 0 Å². The van der Waals surface area contributed by atoms with Crippen LogP contribution in [0.1, 0.15) is 26.3 Å². The average molecular weight is 418 g/mol. The first-order valence-corrected chi connectivity index (χ1v) is 11.2. The van der Waals surface area contributed by atoms with Gasteiger partial charge in [-0.2, -0.15) is 0 Å². The van der Waals surface area contributed by atoms with Crippen molar-refractivity contribution >= 4 is 23.6 Å². The summed E-state index contributed by atoms with van der Waals surface area (Å²) in [6.07, 6.45) is 0.828. The van der Waals surface area contributed by atoms with Gasteiger partial charge in [-0.05, 0) is 24.8 Å². The molecule has 7 nitrogen and oxygen atoms in total. The Kier molecular flexibility index (Phi) is 7.94. The number of nitrogens with one attached hydrogen (secondary N) is 1. The van der Waals surface area contributed by atoms with Crippen LogP contribution in [-0.2, 0) is 22.5 Å². The van der Waals surface area contributed by atoms with Gasteiger partial charge in [0, 0.05) is 26.2 Å². The van der Waals surface area contributed by atoms with E-state index in [0.29, 0.717) is 25.7 Å². The molecule has 1 saturated heterocycles. The minimum Gasteiger partial charge on any atom is -0.378 e. The Balaban J connectivity index is 1.60. The summed E-state index contributed by atoms with van der Waals surface area (Å²) in [7, 11) is 0. The third-order valence-corrected chi connectivity index (χ3v) is 5.83. The van der Waals surface area contributed by atoms with Crippen LogP contribution in [0.4, 0.5) is 5.95 Å². The highest BCUT2D eigenvalue weighted by Crippen LogP contribution is 2.27. The molecule has 158 valence electrons. The molecular formula is C21H31N5O2S. The monoisotopic (exact) mass is 417 g/mol. The summed E-state index contributed by atoms with van der Waals surface area (Å²) in [5, 5.41) is 12.4. The lowest BCUT2D eigenvalue weighted by molar-refractivity contribution is -0.120. The number of nitrogens with zero attached hydrogens (tertiary/aromatic N) is 4. The third-order valence-electron chi connectivity index (χ3n) is 4.75. The van der Waals surface area contributed by atoms with Gasteiger partial charge in [0.2, 0.25) is 11.9 Å². The van der Waals surface area contributed by atoms with Crippen LogP contribution in [0.2, 0.25) is 0 Å². The van der Waals surface area contributed by atoms with Crippen molar-refractivity contribution in [3.63, 3.8) is 0 Å². The van der Waals surface area contributed by atoms with Crippen LogP contribution in [0.3, 0.4) is 0 Å². The van der Waals surface area contributed by atoms with Crippen LogP contribution in [0.5, 0.6) is 0 Å². The van der Waals surface area contributed by atoms with Crippen LogP contribution < -0.4 is 10.2 Å². The molecule has 2 heterocycles. The summed E-state index contributed by atoms with van der Waals surface area (Å²) < 4.78 is 7.60. The highest BCUT2D eigenvalue weighted by Gasteiger charge is 2.24. The molecule has 1 aromatic heterocycles. The van der Waals surface area contributed by atoms with E-state index in [1.54, 1.807) is 0 Å². The molecule has 1 fully saturated rings. The first kappa shape index (κ1) is 21.6. The van der Waals surface area contributed by atoms with E-state index in [4.69, 9.17) is 4.74 Å². The van der Waals surface area contributed by atoms with Gasteiger partial charge >= 0.3 is 0 Å². The predicted molar refractivity (Wildman–Crippen MR) is 116 cm³/mol. The van der Waals surface area contributed by atoms with Crippen LogP contribution in [0.25, 0.3) is 0 Å². The van der Waals surface area contributed by atoms with E-state index in [1.165, 1.54) is 17.3 Å². The number of carbonyl (C=O) groups is 1. The van der Waals surface area contributed by atoms with Gasteiger partial charge in [0.15, 0.2) is 5.16 Å². The molecule has 1 atom stereocenters. The normalized spacial score (nSPS) is 15.5. The first-order valence-electron chi connectivity index (χ1n) is 10.3. The first-order chi connectivity index (χ1) is 14.0. The minimum absolute atomic E-state index is 0.0259. The number of ether oxygens (including phenoxy) is 1. The topological polar surface area (TPSA) is 72.3 Å². The highest BCUT2D eigenvalue weighted by atomic mass is 32.2. The van der Waals surface area contributed by atoms with Crippen molar-refractivity contribution < 1.29 is 9.53 Å². The quantitative estimate of drug-likeness (QED) is 0.633. The van der Waals surface area contributed by atoms with Gasteiger partial charge in [0.1, 0.15) is 0 Å². The molecule has 1 aliphatic heterocycles. The van der Waals surface area contributed by atoms with Crippen LogP contribution in [-0.4, -0.2) is 58.8 Å². The SMILES string of the molecule is CC(C)Cn1c(S[C@@H](C)C(=O)NCCc2ccccc2)nnc1N1CCOCC1. The Morgan fingerprint density at radius 3 is 2.59 bits per heavy atom. The van der Waals surface area contributed by atoms with E-state index in [1.807, 2.05) is 25.1 Å². The Hall–Kier alpha value is -2.06. The number of morpholine rings is 1. The maximum absolute atomic E-state index is 12.6. The van der Waals surface area contributed by atoms with E-state index in [2.05, 4.69) is 51.0 Å². The Labute approximate surface area is 177 Å². The van der Waals surface area contributed by atoms with Gasteiger partial charge in [-0.1, -0.05) is 55.9 Å². The summed E-state index contributed by atoms with van der Waals surface area (Å²) in [5.74, 6) is 1.36. The van der Waals surface area contributed by atoms with Crippen molar-refractivity contribution in [3.8, 4) is 0 Å². The van der Waals surface area contributed by atoms with Crippen molar-refractivity contribution in [3.05, 3.63) is 35.9 Å². The summed E-state index contributed by atoms with van der Waals surface area (Å²) in [5.41, 5.74) is 1.22. The summed E-state index contributed by atoms with van der Waals surface area (Å²) in [6.45, 7) is 10.8. The number of benzene rings is 1. The van der Waals surface area contributed by atoms with Gasteiger partial charge in [-0.15, -0.1) is 10.2 Å². The second-order valence-corrected chi connectivity index (χ2v) is 8.98. The van der Waals surface area contributed by atoms with E-state index in [-0.39, 0.29) is 11.2 Å². The third kappa shape index (κ3) is 6.21. The number of rotatable bonds is 9. The Morgan fingerprint density at radius 2 is 1.90 bits per heavy atom. The zero-order chi connectivity index (χ0) is 20.6. The number of carbonyl (C=O) groups excluding carboxylic acids is 1. The largest absolute Gasteiger partial charge is 0.378 e. The molecule has 1 N–H and O–H groups in total. The van der Waals surface area contributed by atoms with Crippen molar-refractivity contribution in [2.75, 3.05) is 37.7 Å². The summed E-state index contributed by atoms with van der Waals surface area (Å²) in [6, 6.07) is 10.2. The number of anilines is 1. The molecule has 0 spiro atoms. The average Bonchev–Trinajstić information content (AvgIpc) is 3.10. The Morgan fingerprint density at radius 1 is 1.17 bits per heavy atom. The van der Waals surface area contributed by atoms with Gasteiger partial charge in [0.25, 0.3) is 0 Å². The van der Waals surface area contributed by atoms with Gasteiger partial charge < -0.3 is 15.0 Å². The lowest BCUT2D eigenvalue weighted by atomic mass is 10.1. The Bertz CT molecular complexity index is 775. The number of amides is 1. The molecule has 0 unspecified atom stereocenters. The number of thioether (sulfide) groups is 1. The van der Waals surface area contributed by atoms with Crippen molar-refractivity contribution in [2.24, 2.45) is 5.92 Å². The second kappa shape index (κ2) is 10.6. The molecule has 29 heavy (non-hydrogen) atoms. The zero-order valence-electron chi connectivity index (χ0n) is 17.5. The number of hydrogen-bond donors (Lipinski definition) is 1. The minimum atomic E-state index is -0.238. The molecular weight excluding hydrogens is 386 g/mol. The van der Waals surface area contributed by atoms with E-state index in [0.717, 1.165) is 37.2 Å². The second-order valence-electron chi connectivity index (χ2n) is 7.67. The molecule has 8 heteroatoms. The standard InChI is InChI=1S/C21H31N5O2S/c1-16(2)15-26-20(25-11-13-28-14-12-25)23-24-21(26)29-17(3)19(27)22-10-9-18-7-5-4-6-8-18/h4-8,16-17H,9-15H2,1-3H3,(H,22,27)/t17-/m0/s1. The fraction of sp³-hybridized carbons (Fsp3) is 0.571. The molecule has 1 aromatic carbocycles. The van der Waals surface area contributed by atoms with Crippen molar-refractivity contribution in [2.45, 2.75) is 44.1 Å². The molecule has 1 amide bonds. The van der Waals surface area contributed by atoms with Crippen LogP contribution in [0, 0.1) is 5.92 Å². The van der Waals surface area contributed by atoms with Crippen LogP contribution >= 0.6 is 11.8 Å². The van der Waals surface area contributed by atoms with Crippen molar-refractivity contribution in [1.82, 2.24) is 20.1 Å². The molecule has 0 radical (unpaired) electrons. The van der Waals surface area contributed by atoms with Crippen LogP contribution in [0.15, 0.2) is 35.5 Å². The van der Waals surface area contributed by atoms with Gasteiger partial charge in [-0.25, -0.2) is 0 Å². The molecule has 0 saturated carbocycles. The fourth-order valence-corrected chi connectivity index (χ4v) is 4.10. The number of aromatic nitrogens is 3. The highest BCUT2D eigenvalue weighted by molar-refractivity contribution is 8.00. The molecule has 0 aliphatic carbocycles. The van der Waals surface area contributed by atoms with E-state index >= 15 is 0 Å². The van der Waals surface area contributed by atoms with E-state index in [9.17, 15) is 4.79 Å². The lowest BCUT2D eigenvalue weighted by Gasteiger charge is -2.28. The molecule has 0 bridgehead atoms. The van der Waals surface area contributed by atoms with Gasteiger partial charge in [-0.3, -0.25) is 9.36 Å².